The van der Waals surface area contributed by atoms with Crippen LogP contribution in [0.25, 0.3) is 0 Å². The smallest absolute Gasteiger partial charge is 0.287 e. The molecule has 0 spiro atoms. The quantitative estimate of drug-likeness (QED) is 0.695. The van der Waals surface area contributed by atoms with Gasteiger partial charge in [0.1, 0.15) is 5.02 Å². The Hall–Kier alpha value is -2.47. The molecule has 1 N–H and O–H groups in total. The Kier molecular flexibility index (Phi) is 4.49. The fraction of sp³-hybridized carbons (Fsp3) is 0.143. The lowest BCUT2D eigenvalue weighted by Crippen LogP contribution is -2.22. The maximum atomic E-state index is 12.0. The Labute approximate surface area is 125 Å². The van der Waals surface area contributed by atoms with Crippen molar-refractivity contribution in [1.29, 1.82) is 0 Å². The van der Waals surface area contributed by atoms with E-state index in [2.05, 4.69) is 10.3 Å². The Morgan fingerprint density at radius 1 is 1.38 bits per heavy atom. The molecule has 0 saturated heterocycles. The lowest BCUT2D eigenvalue weighted by molar-refractivity contribution is -0.384. The number of benzene rings is 1. The minimum atomic E-state index is -0.595. The van der Waals surface area contributed by atoms with Crippen LogP contribution in [0.3, 0.4) is 0 Å². The van der Waals surface area contributed by atoms with Gasteiger partial charge in [-0.25, -0.2) is 0 Å². The zero-order chi connectivity index (χ0) is 15.4. The summed E-state index contributed by atoms with van der Waals surface area (Å²) in [6.45, 7) is 2.23. The van der Waals surface area contributed by atoms with Crippen LogP contribution in [0.5, 0.6) is 0 Å². The Morgan fingerprint density at radius 2 is 2.14 bits per heavy atom. The molecule has 0 radical (unpaired) electrons. The molecule has 1 aromatic carbocycles. The standard InChI is InChI=1S/C14H12ClN3O3/c1-9-4-10(7-16-6-9)8-17-14(19)11-2-3-13(18(20)21)12(15)5-11/h2-7H,8H2,1H3,(H,17,19). The van der Waals surface area contributed by atoms with Crippen molar-refractivity contribution in [2.24, 2.45) is 0 Å². The summed E-state index contributed by atoms with van der Waals surface area (Å²) in [5, 5.41) is 13.3. The van der Waals surface area contributed by atoms with Crippen LogP contribution in [-0.4, -0.2) is 15.8 Å². The first-order chi connectivity index (χ1) is 9.97. The number of halogens is 1. The average Bonchev–Trinajstić information content (AvgIpc) is 2.44. The molecule has 108 valence electrons. The van der Waals surface area contributed by atoms with E-state index in [1.165, 1.54) is 18.2 Å². The van der Waals surface area contributed by atoms with E-state index >= 15 is 0 Å². The molecule has 21 heavy (non-hydrogen) atoms. The van der Waals surface area contributed by atoms with Crippen LogP contribution < -0.4 is 5.32 Å². The monoisotopic (exact) mass is 305 g/mol. The number of aryl methyl sites for hydroxylation is 1. The first-order valence-electron chi connectivity index (χ1n) is 6.10. The van der Waals surface area contributed by atoms with E-state index in [0.29, 0.717) is 6.54 Å². The van der Waals surface area contributed by atoms with Crippen LogP contribution in [0.2, 0.25) is 5.02 Å². The van der Waals surface area contributed by atoms with Crippen LogP contribution in [0.15, 0.2) is 36.7 Å². The SMILES string of the molecule is Cc1cncc(CNC(=O)c2ccc([N+](=O)[O-])c(Cl)c2)c1. The van der Waals surface area contributed by atoms with Gasteiger partial charge < -0.3 is 5.32 Å². The number of nitro groups is 1. The molecule has 1 heterocycles. The average molecular weight is 306 g/mol. The van der Waals surface area contributed by atoms with Gasteiger partial charge in [0.2, 0.25) is 0 Å². The molecule has 1 aromatic heterocycles. The molecule has 0 bridgehead atoms. The van der Waals surface area contributed by atoms with Gasteiger partial charge >= 0.3 is 0 Å². The number of aromatic nitrogens is 1. The number of hydrogen-bond acceptors (Lipinski definition) is 4. The number of amides is 1. The number of nitrogens with one attached hydrogen (secondary N) is 1. The largest absolute Gasteiger partial charge is 0.348 e. The first kappa shape index (κ1) is 14.9. The molecular weight excluding hydrogens is 294 g/mol. The Morgan fingerprint density at radius 3 is 2.76 bits per heavy atom. The van der Waals surface area contributed by atoms with Crippen molar-refractivity contribution in [2.45, 2.75) is 13.5 Å². The second kappa shape index (κ2) is 6.32. The molecule has 0 aliphatic carbocycles. The van der Waals surface area contributed by atoms with Crippen molar-refractivity contribution in [3.05, 3.63) is 68.5 Å². The minimum absolute atomic E-state index is 0.0649. The summed E-state index contributed by atoms with van der Waals surface area (Å²) in [6, 6.07) is 5.78. The summed E-state index contributed by atoms with van der Waals surface area (Å²) in [5.41, 5.74) is 1.92. The summed E-state index contributed by atoms with van der Waals surface area (Å²) in [4.78, 5) is 26.1. The normalized spacial score (nSPS) is 10.2. The third-order valence-corrected chi connectivity index (χ3v) is 3.09. The number of hydrogen-bond donors (Lipinski definition) is 1. The van der Waals surface area contributed by atoms with E-state index in [-0.39, 0.29) is 22.2 Å². The third-order valence-electron chi connectivity index (χ3n) is 2.79. The van der Waals surface area contributed by atoms with E-state index in [1.807, 2.05) is 13.0 Å². The van der Waals surface area contributed by atoms with Crippen LogP contribution >= 0.6 is 11.6 Å². The number of carbonyl (C=O) groups is 1. The molecule has 0 unspecified atom stereocenters. The van der Waals surface area contributed by atoms with Crippen LogP contribution in [0.1, 0.15) is 21.5 Å². The van der Waals surface area contributed by atoms with E-state index < -0.39 is 4.92 Å². The van der Waals surface area contributed by atoms with Gasteiger partial charge in [-0.3, -0.25) is 19.9 Å². The van der Waals surface area contributed by atoms with E-state index in [0.717, 1.165) is 11.1 Å². The van der Waals surface area contributed by atoms with Gasteiger partial charge in [-0.2, -0.15) is 0 Å². The van der Waals surface area contributed by atoms with Gasteiger partial charge in [0.15, 0.2) is 0 Å². The van der Waals surface area contributed by atoms with E-state index in [1.54, 1.807) is 12.4 Å². The lowest BCUT2D eigenvalue weighted by atomic mass is 10.2. The maximum Gasteiger partial charge on any atom is 0.287 e. The minimum Gasteiger partial charge on any atom is -0.348 e. The second-order valence-electron chi connectivity index (χ2n) is 4.48. The van der Waals surface area contributed by atoms with Gasteiger partial charge in [-0.05, 0) is 30.2 Å². The van der Waals surface area contributed by atoms with Gasteiger partial charge in [-0.1, -0.05) is 17.7 Å². The summed E-state index contributed by atoms with van der Waals surface area (Å²) in [7, 11) is 0. The van der Waals surface area contributed by atoms with Crippen LogP contribution in [-0.2, 0) is 6.54 Å². The van der Waals surface area contributed by atoms with Crippen LogP contribution in [0, 0.1) is 17.0 Å². The van der Waals surface area contributed by atoms with Crippen molar-refractivity contribution in [1.82, 2.24) is 10.3 Å². The Balaban J connectivity index is 2.07. The third kappa shape index (κ3) is 3.76. The lowest BCUT2D eigenvalue weighted by Gasteiger charge is -2.06. The summed E-state index contributed by atoms with van der Waals surface area (Å²) >= 11 is 5.77. The predicted octanol–water partition coefficient (Wildman–Crippen LogP) is 2.88. The first-order valence-corrected chi connectivity index (χ1v) is 6.48. The highest BCUT2D eigenvalue weighted by Gasteiger charge is 2.15. The Bertz CT molecular complexity index is 704. The van der Waals surface area contributed by atoms with Gasteiger partial charge in [0, 0.05) is 30.6 Å². The number of carbonyl (C=O) groups excluding carboxylic acids is 1. The highest BCUT2D eigenvalue weighted by atomic mass is 35.5. The van der Waals surface area contributed by atoms with Crippen molar-refractivity contribution in [2.75, 3.05) is 0 Å². The topological polar surface area (TPSA) is 85.1 Å². The van der Waals surface area contributed by atoms with E-state index in [4.69, 9.17) is 11.6 Å². The van der Waals surface area contributed by atoms with Gasteiger partial charge in [0.25, 0.3) is 11.6 Å². The number of nitrogens with zero attached hydrogens (tertiary/aromatic N) is 2. The highest BCUT2D eigenvalue weighted by Crippen LogP contribution is 2.24. The van der Waals surface area contributed by atoms with Crippen molar-refractivity contribution in [3.8, 4) is 0 Å². The zero-order valence-electron chi connectivity index (χ0n) is 11.2. The maximum absolute atomic E-state index is 12.0. The molecule has 1 amide bonds. The molecule has 7 heteroatoms. The van der Waals surface area contributed by atoms with Gasteiger partial charge in [-0.15, -0.1) is 0 Å². The molecule has 0 fully saturated rings. The summed E-state index contributed by atoms with van der Waals surface area (Å²) < 4.78 is 0. The summed E-state index contributed by atoms with van der Waals surface area (Å²) in [6.07, 6.45) is 3.39. The molecule has 6 nitrogen and oxygen atoms in total. The van der Waals surface area contributed by atoms with Crippen molar-refractivity contribution in [3.63, 3.8) is 0 Å². The van der Waals surface area contributed by atoms with Gasteiger partial charge in [0.05, 0.1) is 4.92 Å². The molecular formula is C14H12ClN3O3. The van der Waals surface area contributed by atoms with Crippen molar-refractivity contribution < 1.29 is 9.72 Å². The fourth-order valence-corrected chi connectivity index (χ4v) is 2.04. The molecule has 2 aromatic rings. The highest BCUT2D eigenvalue weighted by molar-refractivity contribution is 6.33. The zero-order valence-corrected chi connectivity index (χ0v) is 11.9. The number of pyridine rings is 1. The molecule has 0 atom stereocenters. The fourth-order valence-electron chi connectivity index (χ4n) is 1.79. The van der Waals surface area contributed by atoms with Crippen molar-refractivity contribution >= 4 is 23.2 Å². The molecule has 0 aliphatic rings. The van der Waals surface area contributed by atoms with Crippen LogP contribution in [0.4, 0.5) is 5.69 Å². The number of nitro benzene ring substituents is 1. The summed E-state index contributed by atoms with van der Waals surface area (Å²) in [5.74, 6) is -0.353. The molecule has 2 rings (SSSR count). The van der Waals surface area contributed by atoms with E-state index in [9.17, 15) is 14.9 Å². The second-order valence-corrected chi connectivity index (χ2v) is 4.88. The molecule has 0 saturated carbocycles. The molecule has 0 aliphatic heterocycles. The number of rotatable bonds is 4. The predicted molar refractivity (Wildman–Crippen MR) is 78.3 cm³/mol.